The highest BCUT2D eigenvalue weighted by atomic mass is 16.5. The minimum absolute atomic E-state index is 0.356. The van der Waals surface area contributed by atoms with Gasteiger partial charge in [-0.1, -0.05) is 41.5 Å². The van der Waals surface area contributed by atoms with Gasteiger partial charge < -0.3 is 10.1 Å². The first kappa shape index (κ1) is 22.4. The number of hydrogen-bond donors (Lipinski definition) is 1. The van der Waals surface area contributed by atoms with E-state index in [0.29, 0.717) is 30.2 Å². The normalized spacial score (nSPS) is 11.2. The molecule has 4 rings (SSSR count). The lowest BCUT2D eigenvalue weighted by Crippen LogP contribution is -2.37. The van der Waals surface area contributed by atoms with E-state index in [4.69, 9.17) is 4.74 Å². The fourth-order valence-corrected chi connectivity index (χ4v) is 4.22. The lowest BCUT2D eigenvalue weighted by molar-refractivity contribution is 0.414. The molecule has 172 valence electrons. The van der Waals surface area contributed by atoms with Crippen LogP contribution in [0.4, 0.5) is 5.95 Å². The highest BCUT2D eigenvalue weighted by Crippen LogP contribution is 2.20. The molecule has 2 aromatic carbocycles. The number of anilines is 1. The Morgan fingerprint density at radius 2 is 1.70 bits per heavy atom. The number of aryl methyl sites for hydroxylation is 3. The number of nitrogens with one attached hydrogen (secondary N) is 1. The summed E-state index contributed by atoms with van der Waals surface area (Å²) in [6.07, 6.45) is 0.751. The van der Waals surface area contributed by atoms with E-state index in [1.807, 2.05) is 28.8 Å². The van der Waals surface area contributed by atoms with Gasteiger partial charge in [0.1, 0.15) is 5.75 Å². The van der Waals surface area contributed by atoms with Crippen molar-refractivity contribution in [1.82, 2.24) is 18.7 Å². The lowest BCUT2D eigenvalue weighted by atomic mass is 10.1. The summed E-state index contributed by atoms with van der Waals surface area (Å²) < 4.78 is 9.72. The maximum atomic E-state index is 13.1. The Hall–Kier alpha value is -3.81. The van der Waals surface area contributed by atoms with Crippen molar-refractivity contribution in [3.05, 3.63) is 85.6 Å². The van der Waals surface area contributed by atoms with Crippen molar-refractivity contribution in [2.45, 2.75) is 26.8 Å². The molecule has 0 radical (unpaired) electrons. The summed E-state index contributed by atoms with van der Waals surface area (Å²) in [5.74, 6) is 1.37. The van der Waals surface area contributed by atoms with Crippen molar-refractivity contribution >= 4 is 17.1 Å². The van der Waals surface area contributed by atoms with Crippen LogP contribution in [0.3, 0.4) is 0 Å². The van der Waals surface area contributed by atoms with Crippen LogP contribution in [0.1, 0.15) is 22.3 Å². The molecule has 0 bridgehead atoms. The van der Waals surface area contributed by atoms with Gasteiger partial charge in [-0.3, -0.25) is 18.5 Å². The number of imidazole rings is 1. The van der Waals surface area contributed by atoms with E-state index in [2.05, 4.69) is 42.3 Å². The van der Waals surface area contributed by atoms with Crippen LogP contribution in [-0.4, -0.2) is 32.3 Å². The summed E-state index contributed by atoms with van der Waals surface area (Å²) in [5, 5.41) is 3.38. The van der Waals surface area contributed by atoms with Crippen molar-refractivity contribution in [2.24, 2.45) is 14.1 Å². The Morgan fingerprint density at radius 3 is 2.39 bits per heavy atom. The van der Waals surface area contributed by atoms with Gasteiger partial charge in [-0.15, -0.1) is 0 Å². The zero-order valence-corrected chi connectivity index (χ0v) is 19.7. The molecule has 8 heteroatoms. The molecule has 0 amide bonds. The van der Waals surface area contributed by atoms with Gasteiger partial charge in [0.2, 0.25) is 5.95 Å². The van der Waals surface area contributed by atoms with E-state index in [9.17, 15) is 9.59 Å². The molecule has 4 aromatic rings. The quantitative estimate of drug-likeness (QED) is 0.471. The zero-order chi connectivity index (χ0) is 23.7. The van der Waals surface area contributed by atoms with Crippen LogP contribution in [0, 0.1) is 13.8 Å². The molecule has 0 aliphatic heterocycles. The number of benzene rings is 2. The maximum Gasteiger partial charge on any atom is 0.332 e. The van der Waals surface area contributed by atoms with Crippen LogP contribution in [-0.2, 0) is 27.1 Å². The molecule has 1 N–H and O–H groups in total. The third kappa shape index (κ3) is 4.41. The topological polar surface area (TPSA) is 83.1 Å². The number of rotatable bonds is 7. The zero-order valence-electron chi connectivity index (χ0n) is 19.7. The maximum absolute atomic E-state index is 13.1. The second-order valence-corrected chi connectivity index (χ2v) is 8.42. The summed E-state index contributed by atoms with van der Waals surface area (Å²) in [7, 11) is 4.78. The predicted octanol–water partition coefficient (Wildman–Crippen LogP) is 2.76. The van der Waals surface area contributed by atoms with Crippen LogP contribution in [0.5, 0.6) is 5.75 Å². The molecule has 0 saturated heterocycles. The number of fused-ring (bicyclic) bond motifs is 1. The Balaban J connectivity index is 1.74. The molecule has 8 nitrogen and oxygen atoms in total. The number of nitrogens with zero attached hydrogens (tertiary/aromatic N) is 4. The molecular weight excluding hydrogens is 418 g/mol. The third-order valence-corrected chi connectivity index (χ3v) is 5.80. The van der Waals surface area contributed by atoms with Gasteiger partial charge in [0.25, 0.3) is 5.56 Å². The standard InChI is InChI=1S/C25H29N5O3/c1-16-11-17(2)13-19(12-16)15-30-21-22(28(3)25(32)29(4)23(21)31)27-24(30)26-10-9-18-7-6-8-20(14-18)33-5/h6-8,11-14H,9-10,15H2,1-5H3,(H,26,27). The van der Waals surface area contributed by atoms with Gasteiger partial charge in [0.05, 0.1) is 13.7 Å². The summed E-state index contributed by atoms with van der Waals surface area (Å²) in [4.78, 5) is 30.2. The second-order valence-electron chi connectivity index (χ2n) is 8.42. The van der Waals surface area contributed by atoms with E-state index in [1.54, 1.807) is 14.2 Å². The molecule has 0 aliphatic rings. The monoisotopic (exact) mass is 447 g/mol. The van der Waals surface area contributed by atoms with Crippen molar-refractivity contribution in [1.29, 1.82) is 0 Å². The van der Waals surface area contributed by atoms with Crippen LogP contribution in [0.25, 0.3) is 11.2 Å². The minimum atomic E-state index is -0.397. The summed E-state index contributed by atoms with van der Waals surface area (Å²) in [5.41, 5.74) is 4.53. The van der Waals surface area contributed by atoms with Crippen LogP contribution in [0.15, 0.2) is 52.1 Å². The summed E-state index contributed by atoms with van der Waals surface area (Å²) in [6.45, 7) is 5.18. The van der Waals surface area contributed by atoms with Gasteiger partial charge in [-0.25, -0.2) is 4.79 Å². The molecule has 0 saturated carbocycles. The van der Waals surface area contributed by atoms with Crippen LogP contribution < -0.4 is 21.3 Å². The average Bonchev–Trinajstić information content (AvgIpc) is 3.14. The first-order chi connectivity index (χ1) is 15.8. The number of ether oxygens (including phenoxy) is 1. The van der Waals surface area contributed by atoms with E-state index in [1.165, 1.54) is 11.6 Å². The average molecular weight is 448 g/mol. The smallest absolute Gasteiger partial charge is 0.332 e. The van der Waals surface area contributed by atoms with Crippen molar-refractivity contribution in [3.8, 4) is 5.75 Å². The Bertz CT molecular complexity index is 1420. The number of methoxy groups -OCH3 is 1. The Kier molecular flexibility index (Phi) is 6.09. The highest BCUT2D eigenvalue weighted by Gasteiger charge is 2.19. The van der Waals surface area contributed by atoms with Crippen molar-refractivity contribution < 1.29 is 4.74 Å². The van der Waals surface area contributed by atoms with Crippen LogP contribution in [0.2, 0.25) is 0 Å². The molecule has 0 aliphatic carbocycles. The summed E-state index contributed by atoms with van der Waals surface area (Å²) in [6, 6.07) is 14.2. The van der Waals surface area contributed by atoms with Gasteiger partial charge in [-0.05, 0) is 43.5 Å². The second kappa shape index (κ2) is 8.97. The molecule has 2 aromatic heterocycles. The molecule has 33 heavy (non-hydrogen) atoms. The van der Waals surface area contributed by atoms with Crippen LogP contribution >= 0.6 is 0 Å². The van der Waals surface area contributed by atoms with E-state index < -0.39 is 5.69 Å². The van der Waals surface area contributed by atoms with Gasteiger partial charge in [-0.2, -0.15) is 4.98 Å². The molecule has 0 atom stereocenters. The van der Waals surface area contributed by atoms with E-state index in [-0.39, 0.29) is 5.56 Å². The Morgan fingerprint density at radius 1 is 0.970 bits per heavy atom. The van der Waals surface area contributed by atoms with E-state index in [0.717, 1.165) is 39.0 Å². The molecule has 0 fully saturated rings. The number of aromatic nitrogens is 4. The molecule has 0 unspecified atom stereocenters. The van der Waals surface area contributed by atoms with Gasteiger partial charge in [0, 0.05) is 20.6 Å². The molecule has 2 heterocycles. The van der Waals surface area contributed by atoms with Gasteiger partial charge in [0.15, 0.2) is 11.2 Å². The lowest BCUT2D eigenvalue weighted by Gasteiger charge is -2.12. The first-order valence-electron chi connectivity index (χ1n) is 10.9. The van der Waals surface area contributed by atoms with E-state index >= 15 is 0 Å². The third-order valence-electron chi connectivity index (χ3n) is 5.80. The predicted molar refractivity (Wildman–Crippen MR) is 130 cm³/mol. The van der Waals surface area contributed by atoms with Crippen molar-refractivity contribution in [3.63, 3.8) is 0 Å². The fraction of sp³-hybridized carbons (Fsp3) is 0.320. The minimum Gasteiger partial charge on any atom is -0.497 e. The van der Waals surface area contributed by atoms with Crippen molar-refractivity contribution in [2.75, 3.05) is 19.0 Å². The highest BCUT2D eigenvalue weighted by molar-refractivity contribution is 5.74. The molecule has 0 spiro atoms. The largest absolute Gasteiger partial charge is 0.497 e. The number of hydrogen-bond acceptors (Lipinski definition) is 5. The fourth-order valence-electron chi connectivity index (χ4n) is 4.22. The molecular formula is C25H29N5O3. The summed E-state index contributed by atoms with van der Waals surface area (Å²) >= 11 is 0. The first-order valence-corrected chi connectivity index (χ1v) is 10.9. The SMILES string of the molecule is COc1cccc(CCNc2nc3c(c(=O)n(C)c(=O)n3C)n2Cc2cc(C)cc(C)c2)c1. The Labute approximate surface area is 192 Å². The van der Waals surface area contributed by atoms with Gasteiger partial charge >= 0.3 is 5.69 Å².